The quantitative estimate of drug-likeness (QED) is 0.843. The number of hydrogen-bond acceptors (Lipinski definition) is 4. The summed E-state index contributed by atoms with van der Waals surface area (Å²) >= 11 is 5.93. The number of halogens is 1. The number of ether oxygens (including phenoxy) is 1. The van der Waals surface area contributed by atoms with Gasteiger partial charge in [-0.3, -0.25) is 0 Å². The molecule has 1 N–H and O–H groups in total. The molecule has 90 valence electrons. The summed E-state index contributed by atoms with van der Waals surface area (Å²) in [6, 6.07) is 3.47. The van der Waals surface area contributed by atoms with Gasteiger partial charge in [-0.25, -0.2) is 9.78 Å². The first-order valence-corrected chi connectivity index (χ1v) is 5.44. The summed E-state index contributed by atoms with van der Waals surface area (Å²) in [6.45, 7) is 0.540. The number of imidazole rings is 1. The third-order valence-electron chi connectivity index (χ3n) is 2.39. The first-order chi connectivity index (χ1) is 8.17. The molecule has 17 heavy (non-hydrogen) atoms. The number of nitrogens with zero attached hydrogens (tertiary/aromatic N) is 2. The van der Waals surface area contributed by atoms with Crippen LogP contribution in [0.1, 0.15) is 16.3 Å². The van der Waals surface area contributed by atoms with E-state index in [4.69, 9.17) is 16.3 Å². The predicted molar refractivity (Wildman–Crippen MR) is 64.3 cm³/mol. The Bertz CT molecular complexity index is 565. The topological polar surface area (TPSA) is 55.6 Å². The highest BCUT2D eigenvalue weighted by molar-refractivity contribution is 6.30. The zero-order valence-electron chi connectivity index (χ0n) is 9.53. The summed E-state index contributed by atoms with van der Waals surface area (Å²) in [5.74, 6) is 0.262. The van der Waals surface area contributed by atoms with Gasteiger partial charge in [0.05, 0.1) is 24.2 Å². The standard InChI is InChI=1S/C11H12ClN3O2/c1-13-5-9-14-10(11(16)17-2)8-4-3-7(12)6-15(8)9/h3-4,6,13H,5H2,1-2H3. The molecule has 6 heteroatoms. The number of aromatic nitrogens is 2. The van der Waals surface area contributed by atoms with Crippen LogP contribution >= 0.6 is 11.6 Å². The van der Waals surface area contributed by atoms with Gasteiger partial charge in [-0.1, -0.05) is 11.6 Å². The van der Waals surface area contributed by atoms with Gasteiger partial charge in [0.2, 0.25) is 0 Å². The molecule has 2 rings (SSSR count). The Kier molecular flexibility index (Phi) is 3.31. The van der Waals surface area contributed by atoms with Crippen LogP contribution in [0, 0.1) is 0 Å². The van der Waals surface area contributed by atoms with Crippen LogP contribution in [0.5, 0.6) is 0 Å². The lowest BCUT2D eigenvalue weighted by Crippen LogP contribution is -2.09. The van der Waals surface area contributed by atoms with E-state index in [-0.39, 0.29) is 0 Å². The number of carbonyl (C=O) groups is 1. The Morgan fingerprint density at radius 1 is 1.59 bits per heavy atom. The summed E-state index contributed by atoms with van der Waals surface area (Å²) < 4.78 is 6.48. The number of pyridine rings is 1. The van der Waals surface area contributed by atoms with Crippen molar-refractivity contribution in [1.29, 1.82) is 0 Å². The van der Waals surface area contributed by atoms with Crippen molar-refractivity contribution >= 4 is 23.1 Å². The van der Waals surface area contributed by atoms with E-state index < -0.39 is 5.97 Å². The Morgan fingerprint density at radius 3 is 3.00 bits per heavy atom. The maximum absolute atomic E-state index is 11.6. The summed E-state index contributed by atoms with van der Waals surface area (Å²) in [7, 11) is 3.14. The van der Waals surface area contributed by atoms with Gasteiger partial charge < -0.3 is 14.5 Å². The van der Waals surface area contributed by atoms with Crippen LogP contribution < -0.4 is 5.32 Å². The molecule has 0 saturated carbocycles. The van der Waals surface area contributed by atoms with Gasteiger partial charge in [-0.05, 0) is 19.2 Å². The van der Waals surface area contributed by atoms with E-state index >= 15 is 0 Å². The molecule has 2 aromatic heterocycles. The third kappa shape index (κ3) is 2.11. The fraction of sp³-hybridized carbons (Fsp3) is 0.273. The maximum Gasteiger partial charge on any atom is 0.358 e. The second-order valence-corrected chi connectivity index (χ2v) is 3.94. The molecule has 5 nitrogen and oxygen atoms in total. The molecule has 2 heterocycles. The Balaban J connectivity index is 2.66. The van der Waals surface area contributed by atoms with E-state index in [0.29, 0.717) is 28.6 Å². The van der Waals surface area contributed by atoms with Gasteiger partial charge in [-0.15, -0.1) is 0 Å². The lowest BCUT2D eigenvalue weighted by atomic mass is 10.3. The summed E-state index contributed by atoms with van der Waals surface area (Å²) in [5, 5.41) is 3.57. The van der Waals surface area contributed by atoms with Gasteiger partial charge in [0.25, 0.3) is 0 Å². The number of nitrogens with one attached hydrogen (secondary N) is 1. The van der Waals surface area contributed by atoms with Crippen molar-refractivity contribution in [2.45, 2.75) is 6.54 Å². The number of esters is 1. The summed E-state index contributed by atoms with van der Waals surface area (Å²) in [6.07, 6.45) is 1.73. The van der Waals surface area contributed by atoms with Crippen LogP contribution in [-0.2, 0) is 11.3 Å². The largest absolute Gasteiger partial charge is 0.464 e. The molecule has 0 aliphatic rings. The van der Waals surface area contributed by atoms with Gasteiger partial charge in [0.15, 0.2) is 5.69 Å². The van der Waals surface area contributed by atoms with Gasteiger partial charge >= 0.3 is 5.97 Å². The van der Waals surface area contributed by atoms with E-state index in [1.807, 2.05) is 7.05 Å². The molecule has 0 unspecified atom stereocenters. The molecule has 0 aromatic carbocycles. The molecule has 0 aliphatic carbocycles. The number of fused-ring (bicyclic) bond motifs is 1. The average molecular weight is 254 g/mol. The van der Waals surface area contributed by atoms with Crippen LogP contribution in [0.2, 0.25) is 5.02 Å². The second-order valence-electron chi connectivity index (χ2n) is 3.50. The van der Waals surface area contributed by atoms with Crippen LogP contribution in [0.3, 0.4) is 0 Å². The highest BCUT2D eigenvalue weighted by atomic mass is 35.5. The van der Waals surface area contributed by atoms with Crippen LogP contribution in [0.25, 0.3) is 5.52 Å². The highest BCUT2D eigenvalue weighted by Gasteiger charge is 2.17. The first kappa shape index (κ1) is 11.9. The van der Waals surface area contributed by atoms with Crippen molar-refractivity contribution in [3.8, 4) is 0 Å². The smallest absolute Gasteiger partial charge is 0.358 e. The van der Waals surface area contributed by atoms with E-state index in [2.05, 4.69) is 10.3 Å². The zero-order chi connectivity index (χ0) is 12.4. The van der Waals surface area contributed by atoms with Crippen LogP contribution in [0.4, 0.5) is 0 Å². The Labute approximate surface area is 103 Å². The second kappa shape index (κ2) is 4.73. The first-order valence-electron chi connectivity index (χ1n) is 5.06. The Hall–Kier alpha value is -1.59. The molecule has 0 radical (unpaired) electrons. The minimum atomic E-state index is -0.452. The number of hydrogen-bond donors (Lipinski definition) is 1. The van der Waals surface area contributed by atoms with Crippen molar-refractivity contribution in [3.63, 3.8) is 0 Å². The van der Waals surface area contributed by atoms with Crippen molar-refractivity contribution in [2.24, 2.45) is 0 Å². The fourth-order valence-corrected chi connectivity index (χ4v) is 1.81. The molecule has 0 saturated heterocycles. The molecule has 0 fully saturated rings. The average Bonchev–Trinajstić information content (AvgIpc) is 2.67. The zero-order valence-corrected chi connectivity index (χ0v) is 10.3. The molecule has 0 bridgehead atoms. The molecular formula is C11H12ClN3O2. The molecule has 0 aliphatic heterocycles. The lowest BCUT2D eigenvalue weighted by Gasteiger charge is -2.00. The monoisotopic (exact) mass is 253 g/mol. The molecule has 0 atom stereocenters. The van der Waals surface area contributed by atoms with E-state index in [1.165, 1.54) is 7.11 Å². The number of rotatable bonds is 3. The molecule has 0 amide bonds. The third-order valence-corrected chi connectivity index (χ3v) is 2.61. The highest BCUT2D eigenvalue weighted by Crippen LogP contribution is 2.18. The van der Waals surface area contributed by atoms with Gasteiger partial charge in [0.1, 0.15) is 5.82 Å². The minimum Gasteiger partial charge on any atom is -0.464 e. The molecular weight excluding hydrogens is 242 g/mol. The van der Waals surface area contributed by atoms with Gasteiger partial charge in [-0.2, -0.15) is 0 Å². The van der Waals surface area contributed by atoms with E-state index in [1.54, 1.807) is 22.7 Å². The van der Waals surface area contributed by atoms with Gasteiger partial charge in [0, 0.05) is 6.20 Å². The molecule has 0 spiro atoms. The maximum atomic E-state index is 11.6. The fourth-order valence-electron chi connectivity index (χ4n) is 1.65. The molecule has 2 aromatic rings. The lowest BCUT2D eigenvalue weighted by molar-refractivity contribution is 0.0597. The van der Waals surface area contributed by atoms with Crippen molar-refractivity contribution in [1.82, 2.24) is 14.7 Å². The van der Waals surface area contributed by atoms with Crippen molar-refractivity contribution < 1.29 is 9.53 Å². The summed E-state index contributed by atoms with van der Waals surface area (Å²) in [5.41, 5.74) is 0.987. The van der Waals surface area contributed by atoms with E-state index in [0.717, 1.165) is 0 Å². The Morgan fingerprint density at radius 2 is 2.35 bits per heavy atom. The summed E-state index contributed by atoms with van der Waals surface area (Å²) in [4.78, 5) is 15.8. The minimum absolute atomic E-state index is 0.300. The normalized spacial score (nSPS) is 10.8. The number of methoxy groups -OCH3 is 1. The van der Waals surface area contributed by atoms with E-state index in [9.17, 15) is 4.79 Å². The predicted octanol–water partition coefficient (Wildman–Crippen LogP) is 1.49. The van der Waals surface area contributed by atoms with Crippen molar-refractivity contribution in [3.05, 3.63) is 34.9 Å². The number of carbonyl (C=O) groups excluding carboxylic acids is 1. The van der Waals surface area contributed by atoms with Crippen LogP contribution in [0.15, 0.2) is 18.3 Å². The van der Waals surface area contributed by atoms with Crippen LogP contribution in [-0.4, -0.2) is 29.5 Å². The van der Waals surface area contributed by atoms with Crippen molar-refractivity contribution in [2.75, 3.05) is 14.2 Å². The SMILES string of the molecule is CNCc1nc(C(=O)OC)c2ccc(Cl)cn12.